The summed E-state index contributed by atoms with van der Waals surface area (Å²) in [5.74, 6) is 2.26. The van der Waals surface area contributed by atoms with Gasteiger partial charge in [-0.3, -0.25) is 0 Å². The summed E-state index contributed by atoms with van der Waals surface area (Å²) in [6.07, 6.45) is 4.55. The molecule has 106 valence electrons. The van der Waals surface area contributed by atoms with Crippen LogP contribution in [-0.4, -0.2) is 6.10 Å². The Hall–Kier alpha value is -0.820. The van der Waals surface area contributed by atoms with Crippen molar-refractivity contribution in [2.75, 3.05) is 0 Å². The fourth-order valence-electron chi connectivity index (χ4n) is 3.34. The summed E-state index contributed by atoms with van der Waals surface area (Å²) < 4.78 is 6.42. The van der Waals surface area contributed by atoms with Crippen LogP contribution in [0.5, 0.6) is 0 Å². The average molecular weight is 260 g/mol. The van der Waals surface area contributed by atoms with Gasteiger partial charge in [0.15, 0.2) is 0 Å². The molecule has 0 bridgehead atoms. The van der Waals surface area contributed by atoms with Crippen LogP contribution in [0.2, 0.25) is 0 Å². The third-order valence-electron chi connectivity index (χ3n) is 4.61. The molecule has 1 aliphatic rings. The predicted molar refractivity (Wildman–Crippen MR) is 81.1 cm³/mol. The normalized spacial score (nSPS) is 29.4. The van der Waals surface area contributed by atoms with Crippen LogP contribution >= 0.6 is 0 Å². The first-order chi connectivity index (χ1) is 9.08. The molecule has 0 radical (unpaired) electrons. The third-order valence-corrected chi connectivity index (χ3v) is 4.61. The zero-order chi connectivity index (χ0) is 13.8. The largest absolute Gasteiger partial charge is 0.370 e. The Labute approximate surface area is 118 Å². The highest BCUT2D eigenvalue weighted by molar-refractivity contribution is 5.16. The molecule has 4 atom stereocenters. The number of benzene rings is 1. The topological polar surface area (TPSA) is 9.23 Å². The molecule has 0 heterocycles. The highest BCUT2D eigenvalue weighted by Gasteiger charge is 2.32. The van der Waals surface area contributed by atoms with Gasteiger partial charge in [-0.2, -0.15) is 0 Å². The molecular formula is C18H28O. The Bertz CT molecular complexity index is 371. The molecule has 2 rings (SSSR count). The molecule has 1 heteroatoms. The van der Waals surface area contributed by atoms with Gasteiger partial charge in [0.25, 0.3) is 0 Å². The van der Waals surface area contributed by atoms with Gasteiger partial charge >= 0.3 is 0 Å². The first-order valence-corrected chi connectivity index (χ1v) is 7.78. The van der Waals surface area contributed by atoms with E-state index in [1.807, 2.05) is 0 Å². The second-order valence-corrected chi connectivity index (χ2v) is 6.55. The molecule has 1 unspecified atom stereocenters. The minimum Gasteiger partial charge on any atom is -0.370 e. The molecule has 0 spiro atoms. The van der Waals surface area contributed by atoms with Crippen molar-refractivity contribution in [3.8, 4) is 0 Å². The van der Waals surface area contributed by atoms with E-state index in [1.165, 1.54) is 24.8 Å². The van der Waals surface area contributed by atoms with Crippen molar-refractivity contribution in [2.24, 2.45) is 17.8 Å². The molecule has 1 nitrogen and oxygen atoms in total. The first kappa shape index (κ1) is 14.6. The number of rotatable bonds is 4. The fraction of sp³-hybridized carbons (Fsp3) is 0.667. The minimum absolute atomic E-state index is 0.206. The van der Waals surface area contributed by atoms with E-state index in [0.29, 0.717) is 6.10 Å². The smallest absolute Gasteiger partial charge is 0.0800 e. The molecule has 19 heavy (non-hydrogen) atoms. The summed E-state index contributed by atoms with van der Waals surface area (Å²) in [6, 6.07) is 10.6. The molecule has 1 aromatic carbocycles. The van der Waals surface area contributed by atoms with Crippen LogP contribution < -0.4 is 0 Å². The molecule has 1 aliphatic carbocycles. The Balaban J connectivity index is 2.02. The summed E-state index contributed by atoms with van der Waals surface area (Å²) in [5.41, 5.74) is 1.29. The Kier molecular flexibility index (Phi) is 5.04. The molecule has 0 amide bonds. The Morgan fingerprint density at radius 3 is 2.37 bits per heavy atom. The van der Waals surface area contributed by atoms with Crippen LogP contribution in [-0.2, 0) is 4.74 Å². The van der Waals surface area contributed by atoms with E-state index in [-0.39, 0.29) is 6.10 Å². The Morgan fingerprint density at radius 2 is 1.74 bits per heavy atom. The molecule has 1 saturated carbocycles. The highest BCUT2D eigenvalue weighted by atomic mass is 16.5. The summed E-state index contributed by atoms with van der Waals surface area (Å²) >= 11 is 0. The quantitative estimate of drug-likeness (QED) is 0.720. The zero-order valence-corrected chi connectivity index (χ0v) is 12.8. The van der Waals surface area contributed by atoms with Gasteiger partial charge in [0, 0.05) is 0 Å². The number of hydrogen-bond donors (Lipinski definition) is 0. The maximum Gasteiger partial charge on any atom is 0.0800 e. The predicted octanol–water partition coefficient (Wildman–Crippen LogP) is 5.23. The second kappa shape index (κ2) is 6.56. The average Bonchev–Trinajstić information content (AvgIpc) is 2.39. The van der Waals surface area contributed by atoms with E-state index >= 15 is 0 Å². The second-order valence-electron chi connectivity index (χ2n) is 6.55. The lowest BCUT2D eigenvalue weighted by Crippen LogP contribution is -2.34. The summed E-state index contributed by atoms with van der Waals surface area (Å²) in [5, 5.41) is 0. The Morgan fingerprint density at radius 1 is 1.05 bits per heavy atom. The van der Waals surface area contributed by atoms with Crippen molar-refractivity contribution in [3.63, 3.8) is 0 Å². The van der Waals surface area contributed by atoms with Crippen LogP contribution in [0.15, 0.2) is 30.3 Å². The molecule has 1 fully saturated rings. The van der Waals surface area contributed by atoms with Crippen molar-refractivity contribution in [3.05, 3.63) is 35.9 Å². The van der Waals surface area contributed by atoms with E-state index in [0.717, 1.165) is 17.8 Å². The van der Waals surface area contributed by atoms with Gasteiger partial charge in [0.1, 0.15) is 0 Å². The van der Waals surface area contributed by atoms with Crippen LogP contribution in [0.3, 0.4) is 0 Å². The van der Waals surface area contributed by atoms with Gasteiger partial charge in [0.05, 0.1) is 12.2 Å². The van der Waals surface area contributed by atoms with E-state index in [2.05, 4.69) is 58.0 Å². The van der Waals surface area contributed by atoms with Crippen LogP contribution in [0.4, 0.5) is 0 Å². The van der Waals surface area contributed by atoms with Crippen molar-refractivity contribution in [2.45, 2.75) is 59.2 Å². The van der Waals surface area contributed by atoms with Gasteiger partial charge < -0.3 is 4.74 Å². The summed E-state index contributed by atoms with van der Waals surface area (Å²) in [6.45, 7) is 9.22. The maximum absolute atomic E-state index is 6.42. The van der Waals surface area contributed by atoms with Crippen molar-refractivity contribution >= 4 is 0 Å². The van der Waals surface area contributed by atoms with E-state index in [4.69, 9.17) is 4.74 Å². The molecule has 0 saturated heterocycles. The van der Waals surface area contributed by atoms with Gasteiger partial charge in [-0.25, -0.2) is 0 Å². The van der Waals surface area contributed by atoms with E-state index in [1.54, 1.807) is 0 Å². The molecule has 0 aliphatic heterocycles. The molecule has 0 aromatic heterocycles. The van der Waals surface area contributed by atoms with Gasteiger partial charge in [-0.05, 0) is 43.1 Å². The van der Waals surface area contributed by atoms with E-state index in [9.17, 15) is 0 Å². The lowest BCUT2D eigenvalue weighted by Gasteiger charge is -2.38. The van der Waals surface area contributed by atoms with Crippen LogP contribution in [0, 0.1) is 17.8 Å². The van der Waals surface area contributed by atoms with Gasteiger partial charge in [-0.15, -0.1) is 0 Å². The van der Waals surface area contributed by atoms with E-state index < -0.39 is 0 Å². The van der Waals surface area contributed by atoms with Gasteiger partial charge in [0.2, 0.25) is 0 Å². The van der Waals surface area contributed by atoms with Gasteiger partial charge in [-0.1, -0.05) is 57.5 Å². The third kappa shape index (κ3) is 3.82. The summed E-state index contributed by atoms with van der Waals surface area (Å²) in [7, 11) is 0. The standard InChI is InChI=1S/C18H28O/c1-13(2)17-11-10-14(3)12-18(17)19-15(4)16-8-6-5-7-9-16/h5-9,13-15,17-18H,10-12H2,1-4H3/t14-,15?,17+,18-/m0/s1. The highest BCUT2D eigenvalue weighted by Crippen LogP contribution is 2.37. The molecule has 0 N–H and O–H groups in total. The number of ether oxygens (including phenoxy) is 1. The van der Waals surface area contributed by atoms with Crippen molar-refractivity contribution in [1.82, 2.24) is 0 Å². The van der Waals surface area contributed by atoms with Crippen molar-refractivity contribution < 1.29 is 4.74 Å². The fourth-order valence-corrected chi connectivity index (χ4v) is 3.34. The SMILES string of the molecule is CC(O[C@H]1C[C@@H](C)CC[C@@H]1C(C)C)c1ccccc1. The zero-order valence-electron chi connectivity index (χ0n) is 12.8. The van der Waals surface area contributed by atoms with Crippen LogP contribution in [0.25, 0.3) is 0 Å². The first-order valence-electron chi connectivity index (χ1n) is 7.78. The number of hydrogen-bond acceptors (Lipinski definition) is 1. The molecule has 1 aromatic rings. The monoisotopic (exact) mass is 260 g/mol. The minimum atomic E-state index is 0.206. The van der Waals surface area contributed by atoms with Crippen molar-refractivity contribution in [1.29, 1.82) is 0 Å². The van der Waals surface area contributed by atoms with Crippen LogP contribution in [0.1, 0.15) is 58.6 Å². The molecular weight excluding hydrogens is 232 g/mol. The lowest BCUT2D eigenvalue weighted by molar-refractivity contribution is -0.0754. The lowest BCUT2D eigenvalue weighted by atomic mass is 9.75. The summed E-state index contributed by atoms with van der Waals surface area (Å²) in [4.78, 5) is 0. The maximum atomic E-state index is 6.42.